The number of hydrogen-bond donors (Lipinski definition) is 0. The fraction of sp³-hybridized carbons (Fsp3) is 0.929. The predicted molar refractivity (Wildman–Crippen MR) is 75.3 cm³/mol. The van der Waals surface area contributed by atoms with Crippen LogP contribution in [0.25, 0.3) is 0 Å². The maximum Gasteiger partial charge on any atom is 0.410 e. The Kier molecular flexibility index (Phi) is 4.36. The average Bonchev–Trinajstić information content (AvgIpc) is 2.47. The highest BCUT2D eigenvalue weighted by atomic mass is 16.6. The third-order valence-corrected chi connectivity index (χ3v) is 3.74. The van der Waals surface area contributed by atoms with Crippen LogP contribution in [0.4, 0.5) is 4.79 Å². The Morgan fingerprint density at radius 2 is 1.79 bits per heavy atom. The molecule has 2 aliphatic rings. The van der Waals surface area contributed by atoms with Crippen LogP contribution in [0.2, 0.25) is 0 Å². The molecule has 5 nitrogen and oxygen atoms in total. The first-order chi connectivity index (χ1) is 8.85. The van der Waals surface area contributed by atoms with Gasteiger partial charge in [0.25, 0.3) is 0 Å². The highest BCUT2D eigenvalue weighted by Crippen LogP contribution is 2.17. The van der Waals surface area contributed by atoms with Crippen molar-refractivity contribution in [1.82, 2.24) is 14.7 Å². The Labute approximate surface area is 116 Å². The summed E-state index contributed by atoms with van der Waals surface area (Å²) in [7, 11) is 2.15. The van der Waals surface area contributed by atoms with E-state index in [0.29, 0.717) is 6.04 Å². The number of hydrogen-bond acceptors (Lipinski definition) is 4. The zero-order valence-electron chi connectivity index (χ0n) is 12.7. The molecule has 0 saturated carbocycles. The first-order valence-corrected chi connectivity index (χ1v) is 7.26. The van der Waals surface area contributed by atoms with E-state index in [1.54, 1.807) is 0 Å². The summed E-state index contributed by atoms with van der Waals surface area (Å²) in [6, 6.07) is 0.684. The van der Waals surface area contributed by atoms with Crippen molar-refractivity contribution in [3.05, 3.63) is 0 Å². The Bertz CT molecular complexity index is 321. The smallest absolute Gasteiger partial charge is 0.410 e. The monoisotopic (exact) mass is 269 g/mol. The highest BCUT2D eigenvalue weighted by molar-refractivity contribution is 5.68. The van der Waals surface area contributed by atoms with Gasteiger partial charge in [-0.05, 0) is 34.2 Å². The van der Waals surface area contributed by atoms with Gasteiger partial charge in [-0.1, -0.05) is 0 Å². The number of ether oxygens (including phenoxy) is 1. The van der Waals surface area contributed by atoms with Crippen LogP contribution >= 0.6 is 0 Å². The maximum atomic E-state index is 12.1. The minimum atomic E-state index is -0.403. The summed E-state index contributed by atoms with van der Waals surface area (Å²) in [4.78, 5) is 18.8. The lowest BCUT2D eigenvalue weighted by Gasteiger charge is -2.43. The molecule has 2 saturated heterocycles. The summed E-state index contributed by atoms with van der Waals surface area (Å²) >= 11 is 0. The summed E-state index contributed by atoms with van der Waals surface area (Å²) in [5.74, 6) is 0. The second-order valence-corrected chi connectivity index (χ2v) is 6.73. The average molecular weight is 269 g/mol. The van der Waals surface area contributed by atoms with Crippen molar-refractivity contribution in [2.24, 2.45) is 0 Å². The van der Waals surface area contributed by atoms with Gasteiger partial charge in [-0.15, -0.1) is 0 Å². The molecule has 1 amide bonds. The summed E-state index contributed by atoms with van der Waals surface area (Å²) < 4.78 is 5.45. The molecule has 2 rings (SSSR count). The molecule has 0 aromatic heterocycles. The predicted octanol–water partition coefficient (Wildman–Crippen LogP) is 1.24. The van der Waals surface area contributed by atoms with Crippen molar-refractivity contribution in [3.8, 4) is 0 Å². The Morgan fingerprint density at radius 3 is 2.37 bits per heavy atom. The zero-order valence-corrected chi connectivity index (χ0v) is 12.7. The van der Waals surface area contributed by atoms with Crippen molar-refractivity contribution >= 4 is 6.09 Å². The lowest BCUT2D eigenvalue weighted by atomic mass is 10.1. The molecule has 0 N–H and O–H groups in total. The second kappa shape index (κ2) is 5.67. The quantitative estimate of drug-likeness (QED) is 0.717. The Balaban J connectivity index is 1.81. The first kappa shape index (κ1) is 14.6. The van der Waals surface area contributed by atoms with Crippen molar-refractivity contribution in [2.75, 3.05) is 46.3 Å². The van der Waals surface area contributed by atoms with Crippen LogP contribution in [0.15, 0.2) is 0 Å². The van der Waals surface area contributed by atoms with E-state index in [9.17, 15) is 4.79 Å². The number of likely N-dealkylation sites (tertiary alicyclic amines) is 1. The molecule has 2 heterocycles. The minimum Gasteiger partial charge on any atom is -0.444 e. The van der Waals surface area contributed by atoms with Gasteiger partial charge in [-0.3, -0.25) is 4.90 Å². The van der Waals surface area contributed by atoms with Gasteiger partial charge in [0.05, 0.1) is 0 Å². The zero-order chi connectivity index (χ0) is 14.0. The van der Waals surface area contributed by atoms with E-state index in [0.717, 1.165) is 45.7 Å². The highest BCUT2D eigenvalue weighted by Gasteiger charge is 2.31. The Morgan fingerprint density at radius 1 is 1.11 bits per heavy atom. The minimum absolute atomic E-state index is 0.167. The summed E-state index contributed by atoms with van der Waals surface area (Å²) in [6.07, 6.45) is 0.875. The van der Waals surface area contributed by atoms with Crippen LogP contribution in [0.3, 0.4) is 0 Å². The molecule has 0 atom stereocenters. The number of likely N-dealkylation sites (N-methyl/N-ethyl adjacent to an activating group) is 1. The van der Waals surface area contributed by atoms with Gasteiger partial charge in [0.2, 0.25) is 0 Å². The molecule has 0 aliphatic carbocycles. The van der Waals surface area contributed by atoms with Crippen molar-refractivity contribution in [1.29, 1.82) is 0 Å². The molecular formula is C14H27N3O2. The summed E-state index contributed by atoms with van der Waals surface area (Å²) in [5.41, 5.74) is -0.403. The number of amides is 1. The molecule has 0 aromatic rings. The van der Waals surface area contributed by atoms with Gasteiger partial charge >= 0.3 is 6.09 Å². The molecular weight excluding hydrogens is 242 g/mol. The number of carbonyl (C=O) groups excluding carboxylic acids is 1. The summed E-state index contributed by atoms with van der Waals surface area (Å²) in [6.45, 7) is 11.7. The summed E-state index contributed by atoms with van der Waals surface area (Å²) in [5, 5.41) is 0. The molecule has 0 unspecified atom stereocenters. The maximum absolute atomic E-state index is 12.1. The van der Waals surface area contributed by atoms with Crippen LogP contribution in [0.5, 0.6) is 0 Å². The molecule has 2 aliphatic heterocycles. The van der Waals surface area contributed by atoms with Gasteiger partial charge in [-0.25, -0.2) is 4.79 Å². The number of rotatable bonds is 1. The molecule has 0 spiro atoms. The molecule has 0 bridgehead atoms. The van der Waals surface area contributed by atoms with E-state index >= 15 is 0 Å². The molecule has 0 radical (unpaired) electrons. The number of carbonyl (C=O) groups is 1. The molecule has 0 aromatic carbocycles. The van der Waals surface area contributed by atoms with E-state index in [1.165, 1.54) is 0 Å². The van der Waals surface area contributed by atoms with Crippen LogP contribution in [-0.2, 0) is 4.74 Å². The van der Waals surface area contributed by atoms with Crippen LogP contribution < -0.4 is 0 Å². The topological polar surface area (TPSA) is 36.0 Å². The third-order valence-electron chi connectivity index (χ3n) is 3.74. The lowest BCUT2D eigenvalue weighted by Crippen LogP contribution is -2.58. The Hall–Kier alpha value is -0.810. The molecule has 110 valence electrons. The van der Waals surface area contributed by atoms with E-state index < -0.39 is 5.60 Å². The van der Waals surface area contributed by atoms with Gasteiger partial charge in [-0.2, -0.15) is 0 Å². The number of nitrogens with zero attached hydrogens (tertiary/aromatic N) is 3. The molecule has 2 fully saturated rings. The van der Waals surface area contributed by atoms with Gasteiger partial charge in [0.1, 0.15) is 5.60 Å². The molecule has 19 heavy (non-hydrogen) atoms. The van der Waals surface area contributed by atoms with E-state index in [2.05, 4.69) is 16.8 Å². The SMILES string of the molecule is CN1CC(N2CCCN(C(=O)OC(C)(C)C)CC2)C1. The van der Waals surface area contributed by atoms with Crippen molar-refractivity contribution in [2.45, 2.75) is 38.8 Å². The van der Waals surface area contributed by atoms with Crippen LogP contribution in [0.1, 0.15) is 27.2 Å². The van der Waals surface area contributed by atoms with E-state index in [-0.39, 0.29) is 6.09 Å². The fourth-order valence-electron chi connectivity index (χ4n) is 2.71. The van der Waals surface area contributed by atoms with Gasteiger partial charge in [0, 0.05) is 45.3 Å². The second-order valence-electron chi connectivity index (χ2n) is 6.73. The van der Waals surface area contributed by atoms with Crippen LogP contribution in [-0.4, -0.2) is 78.8 Å². The fourth-order valence-corrected chi connectivity index (χ4v) is 2.71. The third kappa shape index (κ3) is 4.08. The lowest BCUT2D eigenvalue weighted by molar-refractivity contribution is 0.0235. The standard InChI is InChI=1S/C14H27N3O2/c1-14(2,3)19-13(18)17-7-5-6-16(8-9-17)12-10-15(4)11-12/h12H,5-11H2,1-4H3. The normalized spacial score (nSPS) is 23.9. The molecule has 5 heteroatoms. The first-order valence-electron chi connectivity index (χ1n) is 7.26. The van der Waals surface area contributed by atoms with Gasteiger partial charge < -0.3 is 14.5 Å². The van der Waals surface area contributed by atoms with Crippen molar-refractivity contribution < 1.29 is 9.53 Å². The largest absolute Gasteiger partial charge is 0.444 e. The van der Waals surface area contributed by atoms with Gasteiger partial charge in [0.15, 0.2) is 0 Å². The van der Waals surface area contributed by atoms with E-state index in [1.807, 2.05) is 25.7 Å². The van der Waals surface area contributed by atoms with Crippen LogP contribution in [0, 0.1) is 0 Å². The van der Waals surface area contributed by atoms with E-state index in [4.69, 9.17) is 4.74 Å². The van der Waals surface area contributed by atoms with Crippen molar-refractivity contribution in [3.63, 3.8) is 0 Å².